The van der Waals surface area contributed by atoms with Gasteiger partial charge >= 0.3 is 0 Å². The zero-order chi connectivity index (χ0) is 18.2. The number of benzene rings is 1. The Hall–Kier alpha value is -1.92. The van der Waals surface area contributed by atoms with E-state index in [-0.39, 0.29) is 18.4 Å². The van der Waals surface area contributed by atoms with E-state index in [0.717, 1.165) is 19.8 Å². The minimum atomic E-state index is -0.265. The van der Waals surface area contributed by atoms with Crippen LogP contribution in [0.25, 0.3) is 16.5 Å². The molecular weight excluding hydrogens is 400 g/mol. The molecule has 0 unspecified atom stereocenters. The Morgan fingerprint density at radius 3 is 2.44 bits per heavy atom. The fourth-order valence-electron chi connectivity index (χ4n) is 2.28. The van der Waals surface area contributed by atoms with E-state index in [1.54, 1.807) is 22.3 Å². The van der Waals surface area contributed by atoms with E-state index >= 15 is 0 Å². The number of thiophene rings is 1. The highest BCUT2D eigenvalue weighted by atomic mass is 79.9. The number of rotatable bonds is 7. The lowest BCUT2D eigenvalue weighted by atomic mass is 10.2. The molecule has 1 aromatic carbocycles. The molecule has 0 radical (unpaired) electrons. The van der Waals surface area contributed by atoms with Gasteiger partial charge in [-0.25, -0.2) is 0 Å². The van der Waals surface area contributed by atoms with E-state index in [1.165, 1.54) is 6.08 Å². The lowest BCUT2D eigenvalue weighted by Crippen LogP contribution is -2.39. The summed E-state index contributed by atoms with van der Waals surface area (Å²) in [6.45, 7) is 5.16. The van der Waals surface area contributed by atoms with Crippen LogP contribution in [0, 0.1) is 0 Å². The Balaban J connectivity index is 1.90. The van der Waals surface area contributed by atoms with Crippen LogP contribution >= 0.6 is 27.3 Å². The molecule has 0 aliphatic rings. The summed E-state index contributed by atoms with van der Waals surface area (Å²) in [4.78, 5) is 27.5. The minimum absolute atomic E-state index is 0.0272. The minimum Gasteiger partial charge on any atom is -0.343 e. The van der Waals surface area contributed by atoms with E-state index in [9.17, 15) is 9.59 Å². The summed E-state index contributed by atoms with van der Waals surface area (Å²) in [6.07, 6.45) is 3.23. The number of hydrogen-bond donors (Lipinski definition) is 1. The molecule has 0 aliphatic carbocycles. The molecule has 1 N–H and O–H groups in total. The standard InChI is InChI=1S/C19H21BrN2O2S/c1-3-22(4-2)19(24)13-21-18(23)12-10-16-9-11-17(25-16)14-5-7-15(20)8-6-14/h5-12H,3-4,13H2,1-2H3,(H,21,23)/b12-10+. The average molecular weight is 421 g/mol. The van der Waals surface area contributed by atoms with E-state index in [4.69, 9.17) is 0 Å². The number of nitrogens with one attached hydrogen (secondary N) is 1. The predicted molar refractivity (Wildman–Crippen MR) is 107 cm³/mol. The van der Waals surface area contributed by atoms with Crippen molar-refractivity contribution in [3.8, 4) is 10.4 Å². The predicted octanol–water partition coefficient (Wildman–Crippen LogP) is 4.18. The Morgan fingerprint density at radius 2 is 1.80 bits per heavy atom. The van der Waals surface area contributed by atoms with Crippen molar-refractivity contribution in [2.75, 3.05) is 19.6 Å². The van der Waals surface area contributed by atoms with Gasteiger partial charge in [-0.05, 0) is 49.8 Å². The second-order valence-corrected chi connectivity index (χ2v) is 7.36. The number of nitrogens with zero attached hydrogens (tertiary/aromatic N) is 1. The molecule has 0 aliphatic heterocycles. The maximum atomic E-state index is 11.9. The van der Waals surface area contributed by atoms with Crippen LogP contribution in [-0.2, 0) is 9.59 Å². The third-order valence-corrected chi connectivity index (χ3v) is 5.31. The summed E-state index contributed by atoms with van der Waals surface area (Å²) in [5.74, 6) is -0.334. The summed E-state index contributed by atoms with van der Waals surface area (Å²) in [6, 6.07) is 12.1. The van der Waals surface area contributed by atoms with Gasteiger partial charge in [0.2, 0.25) is 11.8 Å². The van der Waals surface area contributed by atoms with Crippen molar-refractivity contribution in [2.45, 2.75) is 13.8 Å². The monoisotopic (exact) mass is 420 g/mol. The van der Waals surface area contributed by atoms with Crippen LogP contribution in [-0.4, -0.2) is 36.3 Å². The highest BCUT2D eigenvalue weighted by molar-refractivity contribution is 9.10. The van der Waals surface area contributed by atoms with Crippen LogP contribution in [0.2, 0.25) is 0 Å². The van der Waals surface area contributed by atoms with Crippen LogP contribution in [0.4, 0.5) is 0 Å². The number of carbonyl (C=O) groups is 2. The topological polar surface area (TPSA) is 49.4 Å². The zero-order valence-corrected chi connectivity index (χ0v) is 16.7. The van der Waals surface area contributed by atoms with Gasteiger partial charge in [0.05, 0.1) is 6.54 Å². The summed E-state index contributed by atoms with van der Waals surface area (Å²) in [5.41, 5.74) is 1.14. The molecule has 0 saturated heterocycles. The largest absolute Gasteiger partial charge is 0.343 e. The van der Waals surface area contributed by atoms with Gasteiger partial charge in [0.25, 0.3) is 0 Å². The van der Waals surface area contributed by atoms with Gasteiger partial charge in [-0.15, -0.1) is 11.3 Å². The lowest BCUT2D eigenvalue weighted by Gasteiger charge is -2.18. The number of carbonyl (C=O) groups excluding carboxylic acids is 2. The fourth-order valence-corrected chi connectivity index (χ4v) is 3.46. The van der Waals surface area contributed by atoms with Crippen molar-refractivity contribution in [1.82, 2.24) is 10.2 Å². The summed E-state index contributed by atoms with van der Waals surface area (Å²) < 4.78 is 1.05. The third-order valence-electron chi connectivity index (χ3n) is 3.68. The van der Waals surface area contributed by atoms with Crippen LogP contribution in [0.3, 0.4) is 0 Å². The van der Waals surface area contributed by atoms with Crippen LogP contribution in [0.1, 0.15) is 18.7 Å². The molecule has 0 fully saturated rings. The van der Waals surface area contributed by atoms with Crippen molar-refractivity contribution < 1.29 is 9.59 Å². The molecule has 1 heterocycles. The molecular formula is C19H21BrN2O2S. The van der Waals surface area contributed by atoms with Crippen molar-refractivity contribution in [3.05, 3.63) is 51.8 Å². The molecule has 0 atom stereocenters. The molecule has 1 aromatic heterocycles. The van der Waals surface area contributed by atoms with Gasteiger partial charge in [-0.2, -0.15) is 0 Å². The summed E-state index contributed by atoms with van der Waals surface area (Å²) >= 11 is 5.04. The lowest BCUT2D eigenvalue weighted by molar-refractivity contribution is -0.131. The number of hydrogen-bond acceptors (Lipinski definition) is 3. The van der Waals surface area contributed by atoms with Crippen LogP contribution in [0.5, 0.6) is 0 Å². The van der Waals surface area contributed by atoms with E-state index in [1.807, 2.05) is 38.1 Å². The second kappa shape index (κ2) is 9.53. The SMILES string of the molecule is CCN(CC)C(=O)CNC(=O)/C=C/c1ccc(-c2ccc(Br)cc2)s1. The number of halogens is 1. The van der Waals surface area contributed by atoms with Crippen molar-refractivity contribution in [1.29, 1.82) is 0 Å². The Bertz CT molecular complexity index is 749. The van der Waals surface area contributed by atoms with Gasteiger partial charge in [0.15, 0.2) is 0 Å². The van der Waals surface area contributed by atoms with E-state index < -0.39 is 0 Å². The smallest absolute Gasteiger partial charge is 0.244 e. The van der Waals surface area contributed by atoms with Gasteiger partial charge in [0, 0.05) is 33.4 Å². The van der Waals surface area contributed by atoms with E-state index in [2.05, 4.69) is 33.4 Å². The Kier molecular flexibility index (Phi) is 7.40. The van der Waals surface area contributed by atoms with Crippen molar-refractivity contribution in [2.24, 2.45) is 0 Å². The zero-order valence-electron chi connectivity index (χ0n) is 14.3. The first-order valence-corrected chi connectivity index (χ1v) is 9.74. The first-order valence-electron chi connectivity index (χ1n) is 8.13. The van der Waals surface area contributed by atoms with Crippen LogP contribution < -0.4 is 5.32 Å². The van der Waals surface area contributed by atoms with Gasteiger partial charge in [0.1, 0.15) is 0 Å². The third kappa shape index (κ3) is 5.83. The number of amides is 2. The quantitative estimate of drug-likeness (QED) is 0.683. The van der Waals surface area contributed by atoms with Gasteiger partial charge in [-0.3, -0.25) is 9.59 Å². The first-order chi connectivity index (χ1) is 12.0. The first kappa shape index (κ1) is 19.4. The molecule has 132 valence electrons. The molecule has 0 bridgehead atoms. The molecule has 25 heavy (non-hydrogen) atoms. The number of likely N-dealkylation sites (N-methyl/N-ethyl adjacent to an activating group) is 1. The maximum absolute atomic E-state index is 11.9. The van der Waals surface area contributed by atoms with Crippen molar-refractivity contribution >= 4 is 45.2 Å². The summed E-state index contributed by atoms with van der Waals surface area (Å²) in [5, 5.41) is 2.63. The maximum Gasteiger partial charge on any atom is 0.244 e. The molecule has 6 heteroatoms. The molecule has 2 rings (SSSR count). The molecule has 0 saturated carbocycles. The molecule has 4 nitrogen and oxygen atoms in total. The van der Waals surface area contributed by atoms with Crippen molar-refractivity contribution in [3.63, 3.8) is 0 Å². The summed E-state index contributed by atoms with van der Waals surface area (Å²) in [7, 11) is 0. The Morgan fingerprint density at radius 1 is 1.12 bits per heavy atom. The fraction of sp³-hybridized carbons (Fsp3) is 0.263. The van der Waals surface area contributed by atoms with Gasteiger partial charge in [-0.1, -0.05) is 28.1 Å². The van der Waals surface area contributed by atoms with Gasteiger partial charge < -0.3 is 10.2 Å². The normalized spacial score (nSPS) is 10.8. The molecule has 2 amide bonds. The average Bonchev–Trinajstić information content (AvgIpc) is 3.09. The Labute approximate surface area is 160 Å². The van der Waals surface area contributed by atoms with Crippen LogP contribution in [0.15, 0.2) is 46.9 Å². The second-order valence-electron chi connectivity index (χ2n) is 5.33. The molecule has 2 aromatic rings. The highest BCUT2D eigenvalue weighted by Gasteiger charge is 2.09. The highest BCUT2D eigenvalue weighted by Crippen LogP contribution is 2.29. The molecule has 0 spiro atoms. The van der Waals surface area contributed by atoms with E-state index in [0.29, 0.717) is 13.1 Å².